The van der Waals surface area contributed by atoms with Crippen LogP contribution in [-0.2, 0) is 29.1 Å². The second kappa shape index (κ2) is 13.2. The van der Waals surface area contributed by atoms with Crippen LogP contribution in [0.5, 0.6) is 0 Å². The number of sulfonamides is 1. The molecule has 2 fully saturated rings. The Hall–Kier alpha value is -3.15. The molecular weight excluding hydrogens is 640 g/mol. The van der Waals surface area contributed by atoms with E-state index in [0.717, 1.165) is 12.8 Å². The summed E-state index contributed by atoms with van der Waals surface area (Å²) in [5, 5.41) is 5.50. The minimum Gasteiger partial charge on any atom is -0.444 e. The lowest BCUT2D eigenvalue weighted by molar-refractivity contribution is -0.141. The molecule has 1 saturated heterocycles. The number of carbonyl (C=O) groups is 4. The van der Waals surface area contributed by atoms with Gasteiger partial charge in [0.1, 0.15) is 28.1 Å². The van der Waals surface area contributed by atoms with Crippen LogP contribution in [0.15, 0.2) is 51.5 Å². The number of halogens is 1. The lowest BCUT2D eigenvalue weighted by Crippen LogP contribution is -2.58. The lowest BCUT2D eigenvalue weighted by Gasteiger charge is -2.30. The molecule has 4 amide bonds. The van der Waals surface area contributed by atoms with Crippen molar-refractivity contribution in [3.8, 4) is 0 Å². The van der Waals surface area contributed by atoms with Crippen molar-refractivity contribution in [3.05, 3.63) is 46.6 Å². The molecule has 0 radical (unpaired) electrons. The molecule has 1 saturated carbocycles. The van der Waals surface area contributed by atoms with Crippen LogP contribution in [0.2, 0.25) is 0 Å². The number of amides is 4. The first-order valence-electron chi connectivity index (χ1n) is 14.6. The van der Waals surface area contributed by atoms with Crippen molar-refractivity contribution < 1.29 is 32.3 Å². The molecule has 4 rings (SSSR count). The number of fused-ring (bicyclic) bond motifs is 2. The van der Waals surface area contributed by atoms with E-state index in [1.54, 1.807) is 45.0 Å². The van der Waals surface area contributed by atoms with E-state index in [1.165, 1.54) is 11.0 Å². The van der Waals surface area contributed by atoms with Crippen molar-refractivity contribution in [2.75, 3.05) is 6.54 Å². The maximum absolute atomic E-state index is 13.7. The molecule has 2 aliphatic heterocycles. The third kappa shape index (κ3) is 8.07. The highest BCUT2D eigenvalue weighted by Gasteiger charge is 2.61. The number of ether oxygens (including phenoxy) is 1. The Bertz CT molecular complexity index is 1430. The number of carbonyl (C=O) groups excluding carboxylic acids is 4. The van der Waals surface area contributed by atoms with E-state index in [9.17, 15) is 27.6 Å². The van der Waals surface area contributed by atoms with Crippen LogP contribution in [0, 0.1) is 5.92 Å². The van der Waals surface area contributed by atoms with Gasteiger partial charge >= 0.3 is 6.09 Å². The van der Waals surface area contributed by atoms with Gasteiger partial charge in [0, 0.05) is 16.9 Å². The average Bonchev–Trinajstić information content (AvgIpc) is 3.37. The molecule has 13 heteroatoms. The summed E-state index contributed by atoms with van der Waals surface area (Å²) in [6, 6.07) is 4.35. The van der Waals surface area contributed by atoms with Gasteiger partial charge in [-0.3, -0.25) is 14.4 Å². The molecule has 43 heavy (non-hydrogen) atoms. The van der Waals surface area contributed by atoms with E-state index in [-0.39, 0.29) is 11.3 Å². The van der Waals surface area contributed by atoms with Crippen LogP contribution in [0.25, 0.3) is 0 Å². The third-order valence-electron chi connectivity index (χ3n) is 7.70. The zero-order valence-electron chi connectivity index (χ0n) is 24.7. The van der Waals surface area contributed by atoms with Gasteiger partial charge in [-0.05, 0) is 99.5 Å². The summed E-state index contributed by atoms with van der Waals surface area (Å²) in [5.74, 6) is -2.29. The number of hydrogen-bond acceptors (Lipinski definition) is 7. The number of benzene rings is 1. The molecule has 0 unspecified atom stereocenters. The Balaban J connectivity index is 1.59. The topological polar surface area (TPSA) is 151 Å². The minimum absolute atomic E-state index is 0.108. The highest BCUT2D eigenvalue weighted by molar-refractivity contribution is 9.10. The van der Waals surface area contributed by atoms with Crippen LogP contribution in [0.1, 0.15) is 72.1 Å². The summed E-state index contributed by atoms with van der Waals surface area (Å²) in [5.41, 5.74) is 0.822. The number of rotatable bonds is 4. The van der Waals surface area contributed by atoms with E-state index in [0.29, 0.717) is 43.1 Å². The van der Waals surface area contributed by atoms with Crippen LogP contribution < -0.4 is 15.4 Å². The van der Waals surface area contributed by atoms with Gasteiger partial charge in [-0.15, -0.1) is 5.73 Å². The SMILES string of the molecule is CC(C)(C)OC(=O)N[C@H]1CCCCCC=C=C[C@@H]2C[C@@]2(C(=O)NS(=O)(=O)c2ccccc2Br)NC(=O)[C@@H]2CCCN2C1=O. The van der Waals surface area contributed by atoms with Gasteiger partial charge in [0.25, 0.3) is 15.9 Å². The Labute approximate surface area is 261 Å². The smallest absolute Gasteiger partial charge is 0.408 e. The van der Waals surface area contributed by atoms with Crippen molar-refractivity contribution in [1.82, 2.24) is 20.3 Å². The second-order valence-corrected chi connectivity index (χ2v) is 14.7. The van der Waals surface area contributed by atoms with Gasteiger partial charge in [0.15, 0.2) is 0 Å². The maximum atomic E-state index is 13.7. The largest absolute Gasteiger partial charge is 0.444 e. The molecule has 3 N–H and O–H groups in total. The summed E-state index contributed by atoms with van der Waals surface area (Å²) in [4.78, 5) is 54.9. The Morgan fingerprint density at radius 1 is 1.12 bits per heavy atom. The molecule has 0 bridgehead atoms. The zero-order chi connectivity index (χ0) is 31.4. The van der Waals surface area contributed by atoms with E-state index < -0.39 is 63.0 Å². The van der Waals surface area contributed by atoms with Gasteiger partial charge < -0.3 is 20.3 Å². The summed E-state index contributed by atoms with van der Waals surface area (Å²) in [6.07, 6.45) is 7.34. The number of alkyl carbamates (subject to hydrolysis) is 1. The summed E-state index contributed by atoms with van der Waals surface area (Å²) < 4.78 is 34.0. The fourth-order valence-corrected chi connectivity index (χ4v) is 7.48. The van der Waals surface area contributed by atoms with Crippen molar-refractivity contribution >= 4 is 49.8 Å². The average molecular weight is 680 g/mol. The van der Waals surface area contributed by atoms with Crippen LogP contribution >= 0.6 is 15.9 Å². The van der Waals surface area contributed by atoms with Crippen molar-refractivity contribution in [2.24, 2.45) is 5.92 Å². The third-order valence-corrected chi connectivity index (χ3v) is 10.0. The predicted molar refractivity (Wildman–Crippen MR) is 162 cm³/mol. The number of hydrogen-bond donors (Lipinski definition) is 3. The molecule has 1 aromatic carbocycles. The van der Waals surface area contributed by atoms with Crippen molar-refractivity contribution in [1.29, 1.82) is 0 Å². The standard InChI is InChI=1S/C30H39BrN4O7S/c1-29(2,3)42-28(39)32-22-15-9-7-5-4-6-8-13-20-19-30(20,33-25(36)23-16-12-18-35(23)26(22)37)27(38)34-43(40,41)24-17-11-10-14-21(24)31/h6,10-11,13-14,17,20,22-23H,4-5,7,9,12,15-16,18-19H2,1-3H3,(H,32,39)(H,33,36)(H,34,38)/t8?,20-,22+,23+,30-/m1/s1. The van der Waals surface area contributed by atoms with Crippen LogP contribution in [0.3, 0.4) is 0 Å². The molecule has 11 nitrogen and oxygen atoms in total. The van der Waals surface area contributed by atoms with Gasteiger partial charge in [0.2, 0.25) is 11.8 Å². The van der Waals surface area contributed by atoms with Crippen molar-refractivity contribution in [3.63, 3.8) is 0 Å². The lowest BCUT2D eigenvalue weighted by atomic mass is 10.0. The van der Waals surface area contributed by atoms with Crippen LogP contribution in [0.4, 0.5) is 4.79 Å². The highest BCUT2D eigenvalue weighted by atomic mass is 79.9. The van der Waals surface area contributed by atoms with E-state index in [1.807, 2.05) is 6.08 Å². The second-order valence-electron chi connectivity index (χ2n) is 12.2. The Kier molecular flexibility index (Phi) is 10.1. The van der Waals surface area contributed by atoms with E-state index in [4.69, 9.17) is 4.74 Å². The van der Waals surface area contributed by atoms with Gasteiger partial charge in [-0.2, -0.15) is 0 Å². The molecule has 1 aliphatic carbocycles. The minimum atomic E-state index is -4.25. The molecule has 3 aliphatic rings. The maximum Gasteiger partial charge on any atom is 0.408 e. The van der Waals surface area contributed by atoms with Gasteiger partial charge in [-0.1, -0.05) is 25.0 Å². The van der Waals surface area contributed by atoms with Crippen molar-refractivity contribution in [2.45, 2.75) is 100 Å². The quantitative estimate of drug-likeness (QED) is 0.411. The Morgan fingerprint density at radius 2 is 1.86 bits per heavy atom. The fraction of sp³-hybridized carbons (Fsp3) is 0.567. The monoisotopic (exact) mass is 678 g/mol. The molecule has 0 aromatic heterocycles. The number of nitrogens with one attached hydrogen (secondary N) is 3. The first kappa shape index (κ1) is 32.8. The first-order chi connectivity index (χ1) is 20.2. The van der Waals surface area contributed by atoms with Gasteiger partial charge in [-0.25, -0.2) is 17.9 Å². The highest BCUT2D eigenvalue weighted by Crippen LogP contribution is 2.45. The summed E-state index contributed by atoms with van der Waals surface area (Å²) in [6.45, 7) is 5.51. The van der Waals surface area contributed by atoms with E-state index in [2.05, 4.69) is 37.0 Å². The Morgan fingerprint density at radius 3 is 2.58 bits per heavy atom. The normalized spacial score (nSPS) is 26.6. The molecule has 1 aromatic rings. The predicted octanol–water partition coefficient (Wildman–Crippen LogP) is 3.69. The van der Waals surface area contributed by atoms with Gasteiger partial charge in [0.05, 0.1) is 0 Å². The number of nitrogens with zero attached hydrogens (tertiary/aromatic N) is 1. The molecular formula is C30H39BrN4O7S. The summed E-state index contributed by atoms with van der Waals surface area (Å²) in [7, 11) is -4.25. The van der Waals surface area contributed by atoms with Crippen LogP contribution in [-0.4, -0.2) is 66.9 Å². The zero-order valence-corrected chi connectivity index (χ0v) is 27.1. The molecule has 0 spiro atoms. The fourth-order valence-electron chi connectivity index (χ4n) is 5.43. The molecule has 2 heterocycles. The first-order valence-corrected chi connectivity index (χ1v) is 16.9. The summed E-state index contributed by atoms with van der Waals surface area (Å²) >= 11 is 3.21. The molecule has 234 valence electrons. The molecule has 4 atom stereocenters. The van der Waals surface area contributed by atoms with E-state index >= 15 is 0 Å².